The summed E-state index contributed by atoms with van der Waals surface area (Å²) in [6.07, 6.45) is 1.24. The van der Waals surface area contributed by atoms with Crippen molar-refractivity contribution in [1.82, 2.24) is 10.3 Å². The van der Waals surface area contributed by atoms with Gasteiger partial charge in [-0.25, -0.2) is 0 Å². The molecule has 22 heavy (non-hydrogen) atoms. The second-order valence-electron chi connectivity index (χ2n) is 5.04. The largest absolute Gasteiger partial charge is 0.481 e. The first-order valence-corrected chi connectivity index (χ1v) is 7.67. The molecule has 7 heteroatoms. The number of H-pyrrole nitrogens is 1. The molecule has 1 aromatic heterocycles. The van der Waals surface area contributed by atoms with E-state index in [0.717, 1.165) is 6.42 Å². The Bertz CT molecular complexity index is 712. The molecule has 118 valence electrons. The number of aliphatic carboxylic acids is 1. The van der Waals surface area contributed by atoms with Crippen LogP contribution in [0, 0.1) is 5.92 Å². The number of aromatic nitrogens is 1. The molecule has 2 rings (SSSR count). The monoisotopic (exact) mass is 342 g/mol. The Balaban J connectivity index is 2.16. The van der Waals surface area contributed by atoms with Crippen molar-refractivity contribution in [3.05, 3.63) is 33.9 Å². The molecular formula is C15H16Cl2N2O3. The van der Waals surface area contributed by atoms with Gasteiger partial charge in [-0.3, -0.25) is 9.59 Å². The van der Waals surface area contributed by atoms with Crippen LogP contribution in [0.1, 0.15) is 30.3 Å². The Morgan fingerprint density at radius 3 is 2.73 bits per heavy atom. The van der Waals surface area contributed by atoms with E-state index in [1.165, 1.54) is 0 Å². The van der Waals surface area contributed by atoms with Crippen LogP contribution in [-0.4, -0.2) is 28.5 Å². The molecule has 0 aliphatic rings. The molecule has 1 atom stereocenters. The fourth-order valence-electron chi connectivity index (χ4n) is 2.25. The third kappa shape index (κ3) is 3.54. The molecule has 0 bridgehead atoms. The van der Waals surface area contributed by atoms with Gasteiger partial charge in [-0.15, -0.1) is 0 Å². The van der Waals surface area contributed by atoms with Crippen LogP contribution < -0.4 is 5.32 Å². The van der Waals surface area contributed by atoms with Gasteiger partial charge in [-0.1, -0.05) is 36.5 Å². The summed E-state index contributed by atoms with van der Waals surface area (Å²) in [5.41, 5.74) is 0.905. The van der Waals surface area contributed by atoms with Gasteiger partial charge in [-0.2, -0.15) is 0 Å². The van der Waals surface area contributed by atoms with E-state index in [-0.39, 0.29) is 17.3 Å². The Kier molecular flexibility index (Phi) is 5.32. The highest BCUT2D eigenvalue weighted by molar-refractivity contribution is 6.39. The zero-order valence-electron chi connectivity index (χ0n) is 12.0. The van der Waals surface area contributed by atoms with E-state index in [1.54, 1.807) is 18.2 Å². The van der Waals surface area contributed by atoms with E-state index in [0.29, 0.717) is 22.3 Å². The van der Waals surface area contributed by atoms with Gasteiger partial charge < -0.3 is 15.4 Å². The first kappa shape index (κ1) is 16.6. The molecule has 0 aliphatic carbocycles. The molecule has 5 nitrogen and oxygen atoms in total. The van der Waals surface area contributed by atoms with Gasteiger partial charge in [0.05, 0.1) is 10.9 Å². The van der Waals surface area contributed by atoms with Crippen molar-refractivity contribution in [2.24, 2.45) is 5.92 Å². The van der Waals surface area contributed by atoms with E-state index in [1.807, 2.05) is 6.92 Å². The lowest BCUT2D eigenvalue weighted by atomic mass is 10.0. The lowest BCUT2D eigenvalue weighted by Crippen LogP contribution is -2.33. The second kappa shape index (κ2) is 7.03. The maximum absolute atomic E-state index is 12.2. The minimum absolute atomic E-state index is 0.0639. The standard InChI is InChI=1S/C15H16Cl2N2O3/c1-2-3-8(15(21)22)7-18-14(20)13-12(17)10-6-9(16)4-5-11(10)19-13/h4-6,8,19H,2-3,7H2,1H3,(H,18,20)(H,21,22). The first-order chi connectivity index (χ1) is 10.4. The summed E-state index contributed by atoms with van der Waals surface area (Å²) in [7, 11) is 0. The number of hydrogen-bond acceptors (Lipinski definition) is 2. The molecular weight excluding hydrogens is 327 g/mol. The number of carboxylic acid groups (broad SMARTS) is 1. The van der Waals surface area contributed by atoms with Crippen LogP contribution >= 0.6 is 23.2 Å². The maximum Gasteiger partial charge on any atom is 0.308 e. The summed E-state index contributed by atoms with van der Waals surface area (Å²) in [6.45, 7) is 1.96. The van der Waals surface area contributed by atoms with E-state index in [4.69, 9.17) is 28.3 Å². The van der Waals surface area contributed by atoms with Gasteiger partial charge >= 0.3 is 5.97 Å². The number of halogens is 2. The topological polar surface area (TPSA) is 82.2 Å². The molecule has 2 aromatic rings. The predicted octanol–water partition coefficient (Wildman–Crippen LogP) is 3.71. The van der Waals surface area contributed by atoms with Crippen LogP contribution in [0.15, 0.2) is 18.2 Å². The van der Waals surface area contributed by atoms with Crippen molar-refractivity contribution in [1.29, 1.82) is 0 Å². The van der Waals surface area contributed by atoms with Crippen LogP contribution in [0.4, 0.5) is 0 Å². The van der Waals surface area contributed by atoms with Crippen LogP contribution in [0.25, 0.3) is 10.9 Å². The van der Waals surface area contributed by atoms with Gasteiger partial charge in [0.15, 0.2) is 0 Å². The minimum atomic E-state index is -0.920. The third-order valence-electron chi connectivity index (χ3n) is 3.42. The van der Waals surface area contributed by atoms with E-state index in [2.05, 4.69) is 10.3 Å². The number of benzene rings is 1. The van der Waals surface area contributed by atoms with Gasteiger partial charge in [0.1, 0.15) is 5.69 Å². The number of aromatic amines is 1. The number of carboxylic acids is 1. The minimum Gasteiger partial charge on any atom is -0.481 e. The number of nitrogens with one attached hydrogen (secondary N) is 2. The van der Waals surface area contributed by atoms with Crippen molar-refractivity contribution in [2.75, 3.05) is 6.54 Å². The molecule has 3 N–H and O–H groups in total. The first-order valence-electron chi connectivity index (χ1n) is 6.91. The van der Waals surface area contributed by atoms with Crippen LogP contribution in [0.3, 0.4) is 0 Å². The molecule has 0 aliphatic heterocycles. The molecule has 0 saturated carbocycles. The Hall–Kier alpha value is -1.72. The Morgan fingerprint density at radius 2 is 2.09 bits per heavy atom. The molecule has 0 saturated heterocycles. The van der Waals surface area contributed by atoms with Crippen molar-refractivity contribution in [2.45, 2.75) is 19.8 Å². The SMILES string of the molecule is CCCC(CNC(=O)c1[nH]c2ccc(Cl)cc2c1Cl)C(=O)O. The summed E-state index contributed by atoms with van der Waals surface area (Å²) in [4.78, 5) is 26.2. The quantitative estimate of drug-likeness (QED) is 0.748. The van der Waals surface area contributed by atoms with Gasteiger partial charge in [0.2, 0.25) is 0 Å². The molecule has 0 spiro atoms. The Labute approximate surface area is 137 Å². The fourth-order valence-corrected chi connectivity index (χ4v) is 2.71. The lowest BCUT2D eigenvalue weighted by Gasteiger charge is -2.11. The normalized spacial score (nSPS) is 12.3. The molecule has 1 unspecified atom stereocenters. The van der Waals surface area contributed by atoms with Gasteiger partial charge in [-0.05, 0) is 24.6 Å². The molecule has 0 fully saturated rings. The van der Waals surface area contributed by atoms with Crippen molar-refractivity contribution in [3.63, 3.8) is 0 Å². The highest BCUT2D eigenvalue weighted by atomic mass is 35.5. The van der Waals surface area contributed by atoms with Gasteiger partial charge in [0, 0.05) is 22.5 Å². The van der Waals surface area contributed by atoms with E-state index < -0.39 is 17.8 Å². The van der Waals surface area contributed by atoms with Crippen molar-refractivity contribution < 1.29 is 14.7 Å². The molecule has 1 amide bonds. The predicted molar refractivity (Wildman–Crippen MR) is 86.7 cm³/mol. The number of hydrogen-bond donors (Lipinski definition) is 3. The van der Waals surface area contributed by atoms with Crippen LogP contribution in [0.2, 0.25) is 10.0 Å². The second-order valence-corrected chi connectivity index (χ2v) is 5.85. The Morgan fingerprint density at radius 1 is 1.36 bits per heavy atom. The van der Waals surface area contributed by atoms with Crippen molar-refractivity contribution in [3.8, 4) is 0 Å². The number of rotatable bonds is 6. The van der Waals surface area contributed by atoms with E-state index in [9.17, 15) is 9.59 Å². The number of fused-ring (bicyclic) bond motifs is 1. The lowest BCUT2D eigenvalue weighted by molar-refractivity contribution is -0.141. The van der Waals surface area contributed by atoms with Crippen molar-refractivity contribution >= 4 is 46.0 Å². The fraction of sp³-hybridized carbons (Fsp3) is 0.333. The molecule has 1 heterocycles. The summed E-state index contributed by atoms with van der Waals surface area (Å²) >= 11 is 12.1. The van der Waals surface area contributed by atoms with E-state index >= 15 is 0 Å². The molecule has 0 radical (unpaired) electrons. The summed E-state index contributed by atoms with van der Waals surface area (Å²) in [6, 6.07) is 5.10. The van der Waals surface area contributed by atoms with Crippen LogP contribution in [-0.2, 0) is 4.79 Å². The van der Waals surface area contributed by atoms with Crippen LogP contribution in [0.5, 0.6) is 0 Å². The summed E-state index contributed by atoms with van der Waals surface area (Å²) < 4.78 is 0. The smallest absolute Gasteiger partial charge is 0.308 e. The number of amides is 1. The average Bonchev–Trinajstić information content (AvgIpc) is 2.80. The number of carbonyl (C=O) groups is 2. The highest BCUT2D eigenvalue weighted by Crippen LogP contribution is 2.29. The maximum atomic E-state index is 12.2. The zero-order valence-corrected chi connectivity index (χ0v) is 13.5. The third-order valence-corrected chi connectivity index (χ3v) is 4.05. The summed E-state index contributed by atoms with van der Waals surface area (Å²) in [5.74, 6) is -1.96. The average molecular weight is 343 g/mol. The van der Waals surface area contributed by atoms with Gasteiger partial charge in [0.25, 0.3) is 5.91 Å². The zero-order chi connectivity index (χ0) is 16.3. The molecule has 1 aromatic carbocycles. The highest BCUT2D eigenvalue weighted by Gasteiger charge is 2.20. The number of carbonyl (C=O) groups excluding carboxylic acids is 1. The summed E-state index contributed by atoms with van der Waals surface area (Å²) in [5, 5.41) is 13.2.